The first-order chi connectivity index (χ1) is 10.7. The van der Waals surface area contributed by atoms with Gasteiger partial charge in [0, 0.05) is 38.3 Å². The van der Waals surface area contributed by atoms with Gasteiger partial charge in [-0.25, -0.2) is 0 Å². The van der Waals surface area contributed by atoms with E-state index in [1.54, 1.807) is 0 Å². The van der Waals surface area contributed by atoms with Crippen LogP contribution >= 0.6 is 0 Å². The minimum absolute atomic E-state index is 0.597. The van der Waals surface area contributed by atoms with E-state index < -0.39 is 0 Å². The van der Waals surface area contributed by atoms with Crippen molar-refractivity contribution in [1.82, 2.24) is 9.80 Å². The second-order valence-corrected chi connectivity index (χ2v) is 6.53. The molecule has 0 amide bonds. The summed E-state index contributed by atoms with van der Waals surface area (Å²) in [4.78, 5) is 5.23. The standard InChI is InChI=1S/C20H26N2/c1-17-13-22(16-20-11-7-4-8-12-20)18(2)14-21(17)15-19-9-5-3-6-10-19/h3-12,17-18H,13-16H2,1-2H3/t17-,18-/m1/s1. The molecular weight excluding hydrogens is 268 g/mol. The zero-order valence-electron chi connectivity index (χ0n) is 13.7. The van der Waals surface area contributed by atoms with E-state index in [2.05, 4.69) is 84.3 Å². The highest BCUT2D eigenvalue weighted by Crippen LogP contribution is 2.20. The quantitative estimate of drug-likeness (QED) is 0.846. The Kier molecular flexibility index (Phi) is 4.91. The van der Waals surface area contributed by atoms with Gasteiger partial charge in [-0.3, -0.25) is 9.80 Å². The molecule has 0 aliphatic carbocycles. The summed E-state index contributed by atoms with van der Waals surface area (Å²) in [6.07, 6.45) is 0. The number of hydrogen-bond acceptors (Lipinski definition) is 2. The first-order valence-electron chi connectivity index (χ1n) is 8.28. The van der Waals surface area contributed by atoms with Gasteiger partial charge in [-0.15, -0.1) is 0 Å². The van der Waals surface area contributed by atoms with Gasteiger partial charge in [0.1, 0.15) is 0 Å². The molecular formula is C20H26N2. The summed E-state index contributed by atoms with van der Waals surface area (Å²) in [6.45, 7) is 9.11. The Labute approximate surface area is 134 Å². The van der Waals surface area contributed by atoms with Crippen LogP contribution in [-0.2, 0) is 13.1 Å². The number of benzene rings is 2. The van der Waals surface area contributed by atoms with Gasteiger partial charge < -0.3 is 0 Å². The van der Waals surface area contributed by atoms with Crippen molar-refractivity contribution in [3.8, 4) is 0 Å². The third kappa shape index (κ3) is 3.76. The highest BCUT2D eigenvalue weighted by Gasteiger charge is 2.28. The Morgan fingerprint density at radius 1 is 0.682 bits per heavy atom. The molecule has 2 nitrogen and oxygen atoms in total. The van der Waals surface area contributed by atoms with Gasteiger partial charge in [-0.1, -0.05) is 60.7 Å². The molecule has 0 unspecified atom stereocenters. The normalized spacial score (nSPS) is 23.5. The third-order valence-electron chi connectivity index (χ3n) is 4.70. The summed E-state index contributed by atoms with van der Waals surface area (Å²) in [5, 5.41) is 0. The maximum Gasteiger partial charge on any atom is 0.0237 e. The zero-order chi connectivity index (χ0) is 15.4. The van der Waals surface area contributed by atoms with Crippen LogP contribution in [0.4, 0.5) is 0 Å². The topological polar surface area (TPSA) is 6.48 Å². The summed E-state index contributed by atoms with van der Waals surface area (Å²) in [7, 11) is 0. The second kappa shape index (κ2) is 7.08. The summed E-state index contributed by atoms with van der Waals surface area (Å²) >= 11 is 0. The van der Waals surface area contributed by atoms with Crippen LogP contribution in [0.5, 0.6) is 0 Å². The van der Waals surface area contributed by atoms with Gasteiger partial charge in [0.2, 0.25) is 0 Å². The average molecular weight is 294 g/mol. The van der Waals surface area contributed by atoms with Crippen molar-refractivity contribution in [2.45, 2.75) is 39.0 Å². The Morgan fingerprint density at radius 3 is 1.41 bits per heavy atom. The minimum Gasteiger partial charge on any atom is -0.294 e. The predicted octanol–water partition coefficient (Wildman–Crippen LogP) is 3.78. The van der Waals surface area contributed by atoms with Crippen LogP contribution < -0.4 is 0 Å². The fourth-order valence-corrected chi connectivity index (χ4v) is 3.35. The van der Waals surface area contributed by atoms with Gasteiger partial charge in [-0.2, -0.15) is 0 Å². The lowest BCUT2D eigenvalue weighted by molar-refractivity contribution is 0.0328. The molecule has 22 heavy (non-hydrogen) atoms. The lowest BCUT2D eigenvalue weighted by Gasteiger charge is -2.44. The van der Waals surface area contributed by atoms with Crippen LogP contribution in [0.1, 0.15) is 25.0 Å². The monoisotopic (exact) mass is 294 g/mol. The third-order valence-corrected chi connectivity index (χ3v) is 4.70. The van der Waals surface area contributed by atoms with E-state index in [0.29, 0.717) is 12.1 Å². The van der Waals surface area contributed by atoms with Crippen LogP contribution in [0.15, 0.2) is 60.7 Å². The Bertz CT molecular complexity index is 513. The molecule has 1 aliphatic heterocycles. The second-order valence-electron chi connectivity index (χ2n) is 6.53. The Hall–Kier alpha value is -1.64. The van der Waals surface area contributed by atoms with Crippen LogP contribution in [0, 0.1) is 0 Å². The molecule has 2 atom stereocenters. The fraction of sp³-hybridized carbons (Fsp3) is 0.400. The number of nitrogens with zero attached hydrogens (tertiary/aromatic N) is 2. The highest BCUT2D eigenvalue weighted by molar-refractivity contribution is 5.16. The van der Waals surface area contributed by atoms with E-state index in [-0.39, 0.29) is 0 Å². The summed E-state index contributed by atoms with van der Waals surface area (Å²) in [6, 6.07) is 22.8. The summed E-state index contributed by atoms with van der Waals surface area (Å²) in [5.74, 6) is 0. The number of rotatable bonds is 4. The summed E-state index contributed by atoms with van der Waals surface area (Å²) in [5.41, 5.74) is 2.83. The molecule has 3 rings (SSSR count). The van der Waals surface area contributed by atoms with E-state index in [1.165, 1.54) is 11.1 Å². The first-order valence-corrected chi connectivity index (χ1v) is 8.28. The van der Waals surface area contributed by atoms with Crippen molar-refractivity contribution in [1.29, 1.82) is 0 Å². The van der Waals surface area contributed by atoms with Crippen LogP contribution in [0.25, 0.3) is 0 Å². The lowest BCUT2D eigenvalue weighted by Crippen LogP contribution is -2.55. The van der Waals surface area contributed by atoms with Crippen molar-refractivity contribution in [2.75, 3.05) is 13.1 Å². The van der Waals surface area contributed by atoms with Crippen LogP contribution in [0.3, 0.4) is 0 Å². The van der Waals surface area contributed by atoms with Crippen molar-refractivity contribution in [3.63, 3.8) is 0 Å². The van der Waals surface area contributed by atoms with Gasteiger partial charge in [0.25, 0.3) is 0 Å². The lowest BCUT2D eigenvalue weighted by atomic mass is 10.1. The molecule has 116 valence electrons. The largest absolute Gasteiger partial charge is 0.294 e. The molecule has 2 aromatic carbocycles. The van der Waals surface area contributed by atoms with Crippen LogP contribution in [0.2, 0.25) is 0 Å². The minimum atomic E-state index is 0.597. The van der Waals surface area contributed by atoms with E-state index in [1.807, 2.05) is 0 Å². The predicted molar refractivity (Wildman–Crippen MR) is 92.6 cm³/mol. The van der Waals surface area contributed by atoms with E-state index >= 15 is 0 Å². The Morgan fingerprint density at radius 2 is 1.05 bits per heavy atom. The molecule has 1 fully saturated rings. The SMILES string of the molecule is C[C@@H]1CN(Cc2ccccc2)[C@H](C)CN1Cc1ccccc1. The van der Waals surface area contributed by atoms with E-state index in [4.69, 9.17) is 0 Å². The molecule has 1 aliphatic rings. The van der Waals surface area contributed by atoms with E-state index in [0.717, 1.165) is 26.2 Å². The van der Waals surface area contributed by atoms with Crippen molar-refractivity contribution < 1.29 is 0 Å². The molecule has 0 bridgehead atoms. The highest BCUT2D eigenvalue weighted by atomic mass is 15.3. The van der Waals surface area contributed by atoms with Gasteiger partial charge in [0.15, 0.2) is 0 Å². The maximum absolute atomic E-state index is 2.61. The van der Waals surface area contributed by atoms with E-state index in [9.17, 15) is 0 Å². The smallest absolute Gasteiger partial charge is 0.0237 e. The average Bonchev–Trinajstić information content (AvgIpc) is 2.54. The fourth-order valence-electron chi connectivity index (χ4n) is 3.35. The number of piperazine rings is 1. The van der Waals surface area contributed by atoms with Gasteiger partial charge in [0.05, 0.1) is 0 Å². The van der Waals surface area contributed by atoms with Crippen LogP contribution in [-0.4, -0.2) is 35.0 Å². The first kappa shape index (κ1) is 15.3. The Balaban J connectivity index is 1.61. The van der Waals surface area contributed by atoms with Crippen molar-refractivity contribution in [3.05, 3.63) is 71.8 Å². The van der Waals surface area contributed by atoms with Crippen molar-refractivity contribution >= 4 is 0 Å². The molecule has 1 heterocycles. The van der Waals surface area contributed by atoms with Gasteiger partial charge >= 0.3 is 0 Å². The molecule has 0 N–H and O–H groups in total. The maximum atomic E-state index is 2.61. The van der Waals surface area contributed by atoms with Crippen molar-refractivity contribution in [2.24, 2.45) is 0 Å². The molecule has 0 spiro atoms. The van der Waals surface area contributed by atoms with Gasteiger partial charge in [-0.05, 0) is 25.0 Å². The molecule has 2 heteroatoms. The molecule has 0 aromatic heterocycles. The molecule has 0 saturated carbocycles. The number of hydrogen-bond donors (Lipinski definition) is 0. The molecule has 1 saturated heterocycles. The molecule has 2 aromatic rings. The molecule has 0 radical (unpaired) electrons. The summed E-state index contributed by atoms with van der Waals surface area (Å²) < 4.78 is 0. The zero-order valence-corrected chi connectivity index (χ0v) is 13.7.